The Morgan fingerprint density at radius 2 is 2.03 bits per heavy atom. The molecule has 1 aliphatic rings. The highest BCUT2D eigenvalue weighted by atomic mass is 32.1. The summed E-state index contributed by atoms with van der Waals surface area (Å²) < 4.78 is 18.6. The van der Waals surface area contributed by atoms with Crippen LogP contribution in [0.2, 0.25) is 0 Å². The van der Waals surface area contributed by atoms with Crippen molar-refractivity contribution in [3.8, 4) is 5.75 Å². The molecule has 32 heavy (non-hydrogen) atoms. The summed E-state index contributed by atoms with van der Waals surface area (Å²) in [5.74, 6) is 1.43. The molecular formula is C24H24N2O5S. The molecule has 0 N–H and O–H groups in total. The molecular weight excluding hydrogens is 428 g/mol. The summed E-state index contributed by atoms with van der Waals surface area (Å²) in [7, 11) is 1.32. The Bertz CT molecular complexity index is 1380. The molecule has 0 bridgehead atoms. The van der Waals surface area contributed by atoms with Gasteiger partial charge < -0.3 is 13.9 Å². The number of thiazole rings is 1. The van der Waals surface area contributed by atoms with Crippen molar-refractivity contribution in [1.82, 2.24) is 4.57 Å². The first-order valence-electron chi connectivity index (χ1n) is 10.3. The molecule has 1 atom stereocenters. The number of hydrogen-bond acceptors (Lipinski definition) is 7. The molecule has 0 saturated carbocycles. The standard InChI is InChI=1S/C24H24N2O5S/c1-5-12-30-18-9-7-6-8-17(18)21-20(23(28)29-4)15(3)25-24-26(21)22(27)19(32-24)13-16-11-10-14(2)31-16/h6-11,13,21H,5,12H2,1-4H3. The van der Waals surface area contributed by atoms with Crippen molar-refractivity contribution in [3.63, 3.8) is 0 Å². The zero-order valence-corrected chi connectivity index (χ0v) is 19.2. The molecule has 0 saturated heterocycles. The van der Waals surface area contributed by atoms with Crippen LogP contribution in [-0.4, -0.2) is 24.3 Å². The third kappa shape index (κ3) is 3.93. The number of benzene rings is 1. The molecule has 1 aromatic carbocycles. The van der Waals surface area contributed by atoms with Crippen LogP contribution < -0.4 is 19.6 Å². The smallest absolute Gasteiger partial charge is 0.338 e. The second kappa shape index (κ2) is 9.00. The van der Waals surface area contributed by atoms with Crippen molar-refractivity contribution in [2.45, 2.75) is 33.2 Å². The number of carbonyl (C=O) groups excluding carboxylic acids is 1. The second-order valence-corrected chi connectivity index (χ2v) is 8.42. The van der Waals surface area contributed by atoms with Gasteiger partial charge in [-0.05, 0) is 38.5 Å². The Morgan fingerprint density at radius 3 is 2.72 bits per heavy atom. The second-order valence-electron chi connectivity index (χ2n) is 7.41. The van der Waals surface area contributed by atoms with Gasteiger partial charge in [0, 0.05) is 11.6 Å². The summed E-state index contributed by atoms with van der Waals surface area (Å²) in [6.07, 6.45) is 2.53. The zero-order chi connectivity index (χ0) is 22.8. The van der Waals surface area contributed by atoms with Crippen molar-refractivity contribution in [3.05, 3.63) is 84.4 Å². The molecule has 1 aliphatic heterocycles. The average molecular weight is 453 g/mol. The number of rotatable bonds is 6. The average Bonchev–Trinajstić information content (AvgIpc) is 3.33. The Balaban J connectivity index is 1.98. The summed E-state index contributed by atoms with van der Waals surface area (Å²) >= 11 is 1.25. The van der Waals surface area contributed by atoms with E-state index in [-0.39, 0.29) is 5.56 Å². The van der Waals surface area contributed by atoms with Gasteiger partial charge in [0.05, 0.1) is 29.5 Å². The molecule has 4 rings (SSSR count). The summed E-state index contributed by atoms with van der Waals surface area (Å²) in [5.41, 5.74) is 1.27. The minimum atomic E-state index is -0.716. The van der Waals surface area contributed by atoms with E-state index in [0.29, 0.717) is 44.3 Å². The van der Waals surface area contributed by atoms with Crippen LogP contribution in [0.15, 0.2) is 61.9 Å². The molecule has 1 unspecified atom stereocenters. The molecule has 0 aliphatic carbocycles. The molecule has 0 amide bonds. The molecule has 166 valence electrons. The van der Waals surface area contributed by atoms with E-state index in [1.54, 1.807) is 17.6 Å². The normalized spacial score (nSPS) is 16.0. The van der Waals surface area contributed by atoms with E-state index >= 15 is 0 Å². The van der Waals surface area contributed by atoms with Gasteiger partial charge in [-0.15, -0.1) is 0 Å². The maximum Gasteiger partial charge on any atom is 0.338 e. The van der Waals surface area contributed by atoms with E-state index < -0.39 is 12.0 Å². The highest BCUT2D eigenvalue weighted by Gasteiger charge is 2.34. The van der Waals surface area contributed by atoms with Crippen LogP contribution >= 0.6 is 11.3 Å². The monoisotopic (exact) mass is 452 g/mol. The van der Waals surface area contributed by atoms with Gasteiger partial charge in [-0.2, -0.15) is 0 Å². The lowest BCUT2D eigenvalue weighted by Crippen LogP contribution is -2.40. The SMILES string of the molecule is CCCOc1ccccc1C1C(C(=O)OC)=C(C)N=c2sc(=Cc3ccc(C)o3)c(=O)n21. The number of methoxy groups -OCH3 is 1. The van der Waals surface area contributed by atoms with Gasteiger partial charge in [0.1, 0.15) is 23.3 Å². The number of hydrogen-bond donors (Lipinski definition) is 0. The van der Waals surface area contributed by atoms with Crippen LogP contribution in [0.3, 0.4) is 0 Å². The highest BCUT2D eigenvalue weighted by Crippen LogP contribution is 2.35. The van der Waals surface area contributed by atoms with Crippen LogP contribution in [0.5, 0.6) is 5.75 Å². The van der Waals surface area contributed by atoms with E-state index in [1.807, 2.05) is 50.2 Å². The molecule has 0 radical (unpaired) electrons. The Hall–Kier alpha value is -3.39. The Kier molecular flexibility index (Phi) is 6.14. The van der Waals surface area contributed by atoms with Crippen molar-refractivity contribution < 1.29 is 18.7 Å². The highest BCUT2D eigenvalue weighted by molar-refractivity contribution is 7.07. The minimum absolute atomic E-state index is 0.257. The van der Waals surface area contributed by atoms with Crippen LogP contribution in [-0.2, 0) is 9.53 Å². The first-order valence-corrected chi connectivity index (χ1v) is 11.1. The van der Waals surface area contributed by atoms with Gasteiger partial charge in [-0.25, -0.2) is 9.79 Å². The predicted octanol–water partition coefficient (Wildman–Crippen LogP) is 3.10. The fourth-order valence-corrected chi connectivity index (χ4v) is 4.72. The maximum absolute atomic E-state index is 13.5. The number of carbonyl (C=O) groups is 1. The number of fused-ring (bicyclic) bond motifs is 1. The summed E-state index contributed by atoms with van der Waals surface area (Å²) in [6.45, 7) is 6.14. The number of ether oxygens (including phenoxy) is 2. The van der Waals surface area contributed by atoms with Crippen LogP contribution in [0.1, 0.15) is 43.4 Å². The van der Waals surface area contributed by atoms with Crippen molar-refractivity contribution in [1.29, 1.82) is 0 Å². The molecule has 0 fully saturated rings. The molecule has 2 aromatic heterocycles. The van der Waals surface area contributed by atoms with E-state index in [0.717, 1.165) is 12.2 Å². The van der Waals surface area contributed by atoms with Crippen LogP contribution in [0, 0.1) is 6.92 Å². The van der Waals surface area contributed by atoms with Gasteiger partial charge >= 0.3 is 5.97 Å². The van der Waals surface area contributed by atoms with Crippen LogP contribution in [0.4, 0.5) is 0 Å². The van der Waals surface area contributed by atoms with E-state index in [4.69, 9.17) is 13.9 Å². The fraction of sp³-hybridized carbons (Fsp3) is 0.292. The third-order valence-electron chi connectivity index (χ3n) is 5.14. The number of nitrogens with zero attached hydrogens (tertiary/aromatic N) is 2. The van der Waals surface area contributed by atoms with Gasteiger partial charge in [0.2, 0.25) is 0 Å². The molecule has 3 aromatic rings. The molecule has 0 spiro atoms. The van der Waals surface area contributed by atoms with Gasteiger partial charge in [0.15, 0.2) is 4.80 Å². The number of aryl methyl sites for hydroxylation is 1. The Labute approximate surface area is 188 Å². The van der Waals surface area contributed by atoms with E-state index in [9.17, 15) is 9.59 Å². The Morgan fingerprint density at radius 1 is 1.25 bits per heavy atom. The first-order chi connectivity index (χ1) is 15.4. The lowest BCUT2D eigenvalue weighted by Gasteiger charge is -2.26. The van der Waals surface area contributed by atoms with Crippen LogP contribution in [0.25, 0.3) is 6.08 Å². The number of allylic oxidation sites excluding steroid dienone is 1. The van der Waals surface area contributed by atoms with E-state index in [2.05, 4.69) is 4.99 Å². The summed E-state index contributed by atoms with van der Waals surface area (Å²) in [6, 6.07) is 10.4. The maximum atomic E-state index is 13.5. The van der Waals surface area contributed by atoms with Crippen molar-refractivity contribution >= 4 is 23.4 Å². The molecule has 8 heteroatoms. The van der Waals surface area contributed by atoms with Gasteiger partial charge in [-0.3, -0.25) is 9.36 Å². The van der Waals surface area contributed by atoms with Gasteiger partial charge in [-0.1, -0.05) is 36.5 Å². The minimum Gasteiger partial charge on any atom is -0.493 e. The first kappa shape index (κ1) is 21.8. The molecule has 7 nitrogen and oxygen atoms in total. The lowest BCUT2D eigenvalue weighted by molar-refractivity contribution is -0.136. The summed E-state index contributed by atoms with van der Waals surface area (Å²) in [4.78, 5) is 31.4. The lowest BCUT2D eigenvalue weighted by atomic mass is 9.95. The third-order valence-corrected chi connectivity index (χ3v) is 6.12. The topological polar surface area (TPSA) is 83.0 Å². The van der Waals surface area contributed by atoms with Crippen molar-refractivity contribution in [2.24, 2.45) is 4.99 Å². The fourth-order valence-electron chi connectivity index (χ4n) is 3.70. The zero-order valence-electron chi connectivity index (χ0n) is 18.4. The van der Waals surface area contributed by atoms with E-state index in [1.165, 1.54) is 18.4 Å². The number of para-hydroxylation sites is 1. The van der Waals surface area contributed by atoms with Crippen molar-refractivity contribution in [2.75, 3.05) is 13.7 Å². The number of aromatic nitrogens is 1. The van der Waals surface area contributed by atoms with Gasteiger partial charge in [0.25, 0.3) is 5.56 Å². The predicted molar refractivity (Wildman–Crippen MR) is 121 cm³/mol. The summed E-state index contributed by atoms with van der Waals surface area (Å²) in [5, 5.41) is 0. The number of furan rings is 1. The largest absolute Gasteiger partial charge is 0.493 e. The number of esters is 1. The quantitative estimate of drug-likeness (QED) is 0.537. The molecule has 3 heterocycles.